The Labute approximate surface area is 239 Å². The summed E-state index contributed by atoms with van der Waals surface area (Å²) in [4.78, 5) is 25.4. The Morgan fingerprint density at radius 2 is 1.83 bits per heavy atom. The predicted octanol–water partition coefficient (Wildman–Crippen LogP) is 1.90. The van der Waals surface area contributed by atoms with Crippen molar-refractivity contribution in [1.29, 1.82) is 0 Å². The second-order valence-electron chi connectivity index (χ2n) is 14.5. The third kappa shape index (κ3) is 3.40. The number of carboxylic acid groups (broad SMARTS) is 1. The van der Waals surface area contributed by atoms with E-state index in [1.165, 1.54) is 0 Å². The molecular formula is C30H42O11. The maximum atomic E-state index is 13.3. The van der Waals surface area contributed by atoms with Gasteiger partial charge in [0.2, 0.25) is 0 Å². The smallest absolute Gasteiger partial charge is 0.312 e. The highest BCUT2D eigenvalue weighted by molar-refractivity contribution is 5.78. The zero-order valence-corrected chi connectivity index (χ0v) is 23.6. The van der Waals surface area contributed by atoms with Gasteiger partial charge in [-0.3, -0.25) is 9.59 Å². The summed E-state index contributed by atoms with van der Waals surface area (Å²) in [6.45, 7) is 2.76. The molecule has 8 aliphatic rings. The van der Waals surface area contributed by atoms with Crippen LogP contribution in [0.15, 0.2) is 0 Å². The Morgan fingerprint density at radius 1 is 1.00 bits per heavy atom. The molecule has 11 nitrogen and oxygen atoms in total. The average molecular weight is 579 g/mol. The van der Waals surface area contributed by atoms with E-state index in [0.29, 0.717) is 38.7 Å². The van der Waals surface area contributed by atoms with Crippen molar-refractivity contribution in [3.8, 4) is 0 Å². The molecule has 0 aromatic carbocycles. The number of cyclic esters (lactones) is 1. The van der Waals surface area contributed by atoms with Crippen molar-refractivity contribution >= 4 is 11.9 Å². The van der Waals surface area contributed by atoms with E-state index >= 15 is 0 Å². The standard InChI is InChI=1S/C30H42O11/c1-16-10-20-23(38-15-37-20)24(40-16)41-17-2-8-29(25(32)33)18-3-6-26-13-39-27(12-22(31)36-14-27)21(26)5-9-30(26,35)19(18)4-7-28(29,34)11-17/h16-21,23-24,34-35H,2-15H2,1H3,(H,32,33)/t16-,17+,18+,19-,20-,21+,23-,24+,26+,27+,28+,29-,30+/m1/s1. The van der Waals surface area contributed by atoms with Crippen molar-refractivity contribution in [2.75, 3.05) is 20.0 Å². The highest BCUT2D eigenvalue weighted by Crippen LogP contribution is 2.73. The zero-order valence-electron chi connectivity index (χ0n) is 23.6. The van der Waals surface area contributed by atoms with Crippen LogP contribution in [0.1, 0.15) is 77.6 Å². The van der Waals surface area contributed by atoms with Crippen molar-refractivity contribution in [2.24, 2.45) is 28.6 Å². The van der Waals surface area contributed by atoms with Crippen LogP contribution < -0.4 is 0 Å². The summed E-state index contributed by atoms with van der Waals surface area (Å²) in [5, 5.41) is 35.7. The minimum absolute atomic E-state index is 0.00150. The molecule has 0 radical (unpaired) electrons. The fraction of sp³-hybridized carbons (Fsp3) is 0.933. The summed E-state index contributed by atoms with van der Waals surface area (Å²) < 4.78 is 35.6. The lowest BCUT2D eigenvalue weighted by atomic mass is 9.41. The van der Waals surface area contributed by atoms with Gasteiger partial charge in [-0.1, -0.05) is 0 Å². The van der Waals surface area contributed by atoms with Crippen molar-refractivity contribution in [1.82, 2.24) is 0 Å². The summed E-state index contributed by atoms with van der Waals surface area (Å²) in [7, 11) is 0. The third-order valence-electron chi connectivity index (χ3n) is 13.1. The maximum Gasteiger partial charge on any atom is 0.312 e. The molecule has 41 heavy (non-hydrogen) atoms. The molecule has 0 amide bonds. The molecule has 13 atom stereocenters. The average Bonchev–Trinajstić information content (AvgIpc) is 3.68. The fourth-order valence-electron chi connectivity index (χ4n) is 11.4. The van der Waals surface area contributed by atoms with Crippen molar-refractivity contribution in [2.45, 2.75) is 125 Å². The van der Waals surface area contributed by atoms with Gasteiger partial charge in [0.1, 0.15) is 25.1 Å². The fourth-order valence-corrected chi connectivity index (χ4v) is 11.4. The van der Waals surface area contributed by atoms with Crippen LogP contribution in [0.3, 0.4) is 0 Å². The van der Waals surface area contributed by atoms with E-state index in [9.17, 15) is 24.9 Å². The highest BCUT2D eigenvalue weighted by atomic mass is 16.8. The number of aliphatic carboxylic acids is 1. The number of fused-ring (bicyclic) bond motifs is 6. The second-order valence-corrected chi connectivity index (χ2v) is 14.5. The molecule has 0 bridgehead atoms. The molecule has 4 saturated heterocycles. The van der Waals surface area contributed by atoms with Gasteiger partial charge >= 0.3 is 11.9 Å². The second kappa shape index (κ2) is 8.86. The number of rotatable bonds is 3. The van der Waals surface area contributed by atoms with Gasteiger partial charge in [-0.2, -0.15) is 0 Å². The van der Waals surface area contributed by atoms with Crippen LogP contribution in [0.4, 0.5) is 0 Å². The minimum atomic E-state index is -1.46. The molecule has 0 aromatic heterocycles. The Morgan fingerprint density at radius 3 is 2.61 bits per heavy atom. The van der Waals surface area contributed by atoms with Crippen LogP contribution in [0, 0.1) is 28.6 Å². The molecule has 8 fully saturated rings. The predicted molar refractivity (Wildman–Crippen MR) is 137 cm³/mol. The van der Waals surface area contributed by atoms with Gasteiger partial charge in [-0.05, 0) is 70.1 Å². The van der Waals surface area contributed by atoms with Crippen molar-refractivity contribution in [3.63, 3.8) is 0 Å². The number of carbonyl (C=O) groups is 2. The largest absolute Gasteiger partial charge is 0.481 e. The molecule has 228 valence electrons. The van der Waals surface area contributed by atoms with Gasteiger partial charge in [0.15, 0.2) is 6.29 Å². The normalized spacial score (nSPS) is 57.4. The topological polar surface area (TPSA) is 150 Å². The van der Waals surface area contributed by atoms with Crippen LogP contribution in [0.5, 0.6) is 0 Å². The number of carbonyl (C=O) groups excluding carboxylic acids is 1. The molecule has 8 rings (SSSR count). The summed E-state index contributed by atoms with van der Waals surface area (Å²) in [6.07, 6.45) is 3.72. The van der Waals surface area contributed by atoms with E-state index in [1.807, 2.05) is 6.92 Å². The Bertz CT molecular complexity index is 1130. The molecule has 2 spiro atoms. The number of ether oxygens (including phenoxy) is 6. The van der Waals surface area contributed by atoms with E-state index in [2.05, 4.69) is 0 Å². The molecule has 4 heterocycles. The van der Waals surface area contributed by atoms with Crippen LogP contribution in [-0.4, -0.2) is 94.8 Å². The van der Waals surface area contributed by atoms with Gasteiger partial charge < -0.3 is 43.7 Å². The number of hydrogen-bond donors (Lipinski definition) is 3. The van der Waals surface area contributed by atoms with Gasteiger partial charge in [0.25, 0.3) is 0 Å². The van der Waals surface area contributed by atoms with Crippen LogP contribution in [0.25, 0.3) is 0 Å². The molecule has 11 heteroatoms. The summed E-state index contributed by atoms with van der Waals surface area (Å²) >= 11 is 0. The first-order chi connectivity index (χ1) is 19.6. The monoisotopic (exact) mass is 578 g/mol. The molecule has 0 aromatic rings. The van der Waals surface area contributed by atoms with E-state index in [4.69, 9.17) is 28.4 Å². The van der Waals surface area contributed by atoms with Crippen LogP contribution in [0.2, 0.25) is 0 Å². The van der Waals surface area contributed by atoms with Crippen molar-refractivity contribution in [3.05, 3.63) is 0 Å². The number of aliphatic hydroxyl groups is 2. The van der Waals surface area contributed by atoms with Gasteiger partial charge in [0, 0.05) is 24.2 Å². The first-order valence-corrected chi connectivity index (χ1v) is 15.6. The lowest BCUT2D eigenvalue weighted by Gasteiger charge is -2.65. The van der Waals surface area contributed by atoms with E-state index in [1.54, 1.807) is 0 Å². The number of carboxylic acids is 1. The van der Waals surface area contributed by atoms with Gasteiger partial charge in [-0.15, -0.1) is 0 Å². The lowest BCUT2D eigenvalue weighted by molar-refractivity contribution is -0.292. The summed E-state index contributed by atoms with van der Waals surface area (Å²) in [5.41, 5.74) is -5.14. The number of hydrogen-bond acceptors (Lipinski definition) is 10. The first-order valence-electron chi connectivity index (χ1n) is 15.6. The molecule has 4 saturated carbocycles. The molecule has 4 aliphatic carbocycles. The molecular weight excluding hydrogens is 536 g/mol. The lowest BCUT2D eigenvalue weighted by Crippen LogP contribution is -2.71. The quantitative estimate of drug-likeness (QED) is 0.333. The Kier molecular flexibility index (Phi) is 5.88. The Hall–Kier alpha value is -1.34. The molecule has 3 N–H and O–H groups in total. The highest BCUT2D eigenvalue weighted by Gasteiger charge is 2.78. The van der Waals surface area contributed by atoms with Gasteiger partial charge in [-0.25, -0.2) is 0 Å². The maximum absolute atomic E-state index is 13.3. The minimum Gasteiger partial charge on any atom is -0.481 e. The summed E-state index contributed by atoms with van der Waals surface area (Å²) in [5.74, 6) is -1.87. The number of esters is 1. The third-order valence-corrected chi connectivity index (χ3v) is 13.1. The summed E-state index contributed by atoms with van der Waals surface area (Å²) in [6, 6.07) is 0. The zero-order chi connectivity index (χ0) is 28.4. The van der Waals surface area contributed by atoms with Gasteiger partial charge in [0.05, 0.1) is 48.0 Å². The molecule has 4 aliphatic heterocycles. The first kappa shape index (κ1) is 27.2. The van der Waals surface area contributed by atoms with Crippen LogP contribution >= 0.6 is 0 Å². The van der Waals surface area contributed by atoms with E-state index < -0.39 is 39.9 Å². The van der Waals surface area contributed by atoms with Crippen molar-refractivity contribution < 1.29 is 53.3 Å². The molecule has 0 unspecified atom stereocenters. The Balaban J connectivity index is 1.06. The van der Waals surface area contributed by atoms with Crippen LogP contribution in [-0.2, 0) is 38.0 Å². The van der Waals surface area contributed by atoms with E-state index in [-0.39, 0.29) is 87.2 Å². The SMILES string of the molecule is C[C@@H]1C[C@H]2OCO[C@H]2[C@H](O[C@H]2CC[C@]3(C(=O)O)[C@H]4CC[C@]56CO[C@@]7(COC(=O)C7)[C@H]5CC[C@]6(O)[C@@H]4CC[C@]3(O)C2)O1. The van der Waals surface area contributed by atoms with E-state index in [0.717, 1.165) is 12.8 Å².